The summed E-state index contributed by atoms with van der Waals surface area (Å²) < 4.78 is 0. The van der Waals surface area contributed by atoms with E-state index in [0.717, 1.165) is 0 Å². The molecule has 0 saturated heterocycles. The Balaban J connectivity index is 1.40. The summed E-state index contributed by atoms with van der Waals surface area (Å²) in [5, 5.41) is 0. The quantitative estimate of drug-likeness (QED) is 0.197. The Morgan fingerprint density at radius 2 is 1.33 bits per heavy atom. The monoisotopic (exact) mass is 555 g/mol. The highest BCUT2D eigenvalue weighted by atomic mass is 15.2. The zero-order chi connectivity index (χ0) is 29.2. The van der Waals surface area contributed by atoms with E-state index in [-0.39, 0.29) is 17.5 Å². The minimum absolute atomic E-state index is 0.0764. The van der Waals surface area contributed by atoms with E-state index in [4.69, 9.17) is 0 Å². The number of anilines is 3. The van der Waals surface area contributed by atoms with E-state index in [9.17, 15) is 0 Å². The lowest BCUT2D eigenvalue weighted by atomic mass is 9.29. The second-order valence-electron chi connectivity index (χ2n) is 14.9. The van der Waals surface area contributed by atoms with Gasteiger partial charge in [0, 0.05) is 22.5 Å². The van der Waals surface area contributed by atoms with Crippen molar-refractivity contribution in [1.82, 2.24) is 0 Å². The number of fused-ring (bicyclic) bond motifs is 6. The van der Waals surface area contributed by atoms with Gasteiger partial charge in [0.2, 0.25) is 6.71 Å². The van der Waals surface area contributed by atoms with Crippen LogP contribution in [0.5, 0.6) is 0 Å². The van der Waals surface area contributed by atoms with Crippen molar-refractivity contribution in [3.63, 3.8) is 0 Å². The molecule has 1 nitrogen and oxygen atoms in total. The lowest BCUT2D eigenvalue weighted by Gasteiger charge is -2.47. The average molecular weight is 556 g/mol. The van der Waals surface area contributed by atoms with Crippen molar-refractivity contribution >= 4 is 40.2 Å². The highest BCUT2D eigenvalue weighted by Gasteiger charge is 2.47. The van der Waals surface area contributed by atoms with Gasteiger partial charge in [0.05, 0.1) is 0 Å². The molecule has 2 heterocycles. The third kappa shape index (κ3) is 3.53. The minimum Gasteiger partial charge on any atom is -0.311 e. The van der Waals surface area contributed by atoms with Gasteiger partial charge in [0.15, 0.2) is 0 Å². The van der Waals surface area contributed by atoms with Gasteiger partial charge >= 0.3 is 0 Å². The van der Waals surface area contributed by atoms with Gasteiger partial charge in [-0.1, -0.05) is 107 Å². The molecule has 4 aliphatic rings. The Morgan fingerprint density at radius 1 is 0.605 bits per heavy atom. The summed E-state index contributed by atoms with van der Waals surface area (Å²) in [6, 6.07) is 35.7. The molecule has 0 unspecified atom stereocenters. The molecule has 9 rings (SSSR count). The number of nitrogens with zero attached hydrogens (tertiary/aromatic N) is 1. The summed E-state index contributed by atoms with van der Waals surface area (Å²) >= 11 is 0. The maximum absolute atomic E-state index is 2.60. The summed E-state index contributed by atoms with van der Waals surface area (Å²) in [7, 11) is 0. The van der Waals surface area contributed by atoms with Crippen molar-refractivity contribution < 1.29 is 0 Å². The number of aryl methyl sites for hydroxylation is 4. The number of hydrogen-bond acceptors (Lipinski definition) is 1. The van der Waals surface area contributed by atoms with Crippen molar-refractivity contribution in [2.45, 2.75) is 71.1 Å². The zero-order valence-corrected chi connectivity index (χ0v) is 26.0. The van der Waals surface area contributed by atoms with E-state index >= 15 is 0 Å². The first kappa shape index (κ1) is 25.5. The molecule has 0 fully saturated rings. The molecule has 0 aromatic heterocycles. The van der Waals surface area contributed by atoms with Crippen molar-refractivity contribution in [2.75, 3.05) is 4.90 Å². The molecule has 0 radical (unpaired) electrons. The molecular formula is C41H38BN. The summed E-state index contributed by atoms with van der Waals surface area (Å²) in [5.41, 5.74) is 21.5. The van der Waals surface area contributed by atoms with Crippen LogP contribution in [0.2, 0.25) is 0 Å². The predicted molar refractivity (Wildman–Crippen MR) is 183 cm³/mol. The normalized spacial score (nSPS) is 16.7. The fourth-order valence-electron chi connectivity index (χ4n) is 8.30. The molecule has 2 aliphatic carbocycles. The molecule has 210 valence electrons. The summed E-state index contributed by atoms with van der Waals surface area (Å²) in [6.07, 6.45) is 4.81. The van der Waals surface area contributed by atoms with Gasteiger partial charge in [-0.15, -0.1) is 0 Å². The fourth-order valence-corrected chi connectivity index (χ4v) is 8.30. The lowest BCUT2D eigenvalue weighted by Crippen LogP contribution is -2.64. The summed E-state index contributed by atoms with van der Waals surface area (Å²) in [5.74, 6) is 0. The van der Waals surface area contributed by atoms with Gasteiger partial charge in [-0.3, -0.25) is 0 Å². The second-order valence-corrected chi connectivity index (χ2v) is 14.9. The number of hydrogen-bond donors (Lipinski definition) is 0. The molecule has 0 bridgehead atoms. The van der Waals surface area contributed by atoms with E-state index in [1.54, 1.807) is 11.1 Å². The van der Waals surface area contributed by atoms with E-state index in [2.05, 4.69) is 131 Å². The molecule has 0 spiro atoms. The van der Waals surface area contributed by atoms with Crippen molar-refractivity contribution in [3.05, 3.63) is 130 Å². The summed E-state index contributed by atoms with van der Waals surface area (Å²) in [4.78, 5) is 2.60. The summed E-state index contributed by atoms with van der Waals surface area (Å²) in [6.45, 7) is 12.2. The topological polar surface area (TPSA) is 3.24 Å². The van der Waals surface area contributed by atoms with Crippen LogP contribution in [0, 0.1) is 0 Å². The molecule has 5 aromatic rings. The Hall–Kier alpha value is -4.04. The molecule has 0 saturated carbocycles. The first-order valence-electron chi connectivity index (χ1n) is 16.1. The van der Waals surface area contributed by atoms with Gasteiger partial charge in [-0.25, -0.2) is 0 Å². The van der Waals surface area contributed by atoms with E-state index in [1.807, 2.05) is 0 Å². The predicted octanol–water partition coefficient (Wildman–Crippen LogP) is 7.79. The van der Waals surface area contributed by atoms with E-state index < -0.39 is 0 Å². The third-order valence-corrected chi connectivity index (χ3v) is 11.0. The minimum atomic E-state index is -0.101. The van der Waals surface area contributed by atoms with Crippen LogP contribution in [0.15, 0.2) is 91.0 Å². The van der Waals surface area contributed by atoms with E-state index in [1.165, 1.54) is 98.1 Å². The molecule has 0 atom stereocenters. The van der Waals surface area contributed by atoms with Crippen molar-refractivity contribution in [2.24, 2.45) is 0 Å². The molecule has 5 aromatic carbocycles. The van der Waals surface area contributed by atoms with Crippen LogP contribution in [-0.2, 0) is 36.5 Å². The second kappa shape index (κ2) is 8.53. The van der Waals surface area contributed by atoms with Gasteiger partial charge < -0.3 is 4.90 Å². The van der Waals surface area contributed by atoms with Crippen molar-refractivity contribution in [3.8, 4) is 11.1 Å². The first-order valence-corrected chi connectivity index (χ1v) is 16.1. The Bertz CT molecular complexity index is 1990. The lowest BCUT2D eigenvalue weighted by molar-refractivity contribution is 0.591. The Morgan fingerprint density at radius 3 is 2.02 bits per heavy atom. The first-order chi connectivity index (χ1) is 20.7. The number of rotatable bonds is 2. The molecule has 2 aliphatic heterocycles. The van der Waals surface area contributed by atoms with Crippen LogP contribution >= 0.6 is 0 Å². The standard InChI is InChI=1S/C41H38BN/c1-40(2,3)31-16-18-37-36(24-31)42-35-22-29-14-13-28(29)20-33(35)41(4,5)34-21-30(25-9-7-6-8-10-25)23-38(39(34)42)43(37)32-17-15-26-11-12-27(26)19-32/h6-10,15-24H,11-14H2,1-5H3. The van der Waals surface area contributed by atoms with Gasteiger partial charge in [-0.2, -0.15) is 0 Å². The van der Waals surface area contributed by atoms with Crippen LogP contribution in [0.4, 0.5) is 17.1 Å². The highest BCUT2D eigenvalue weighted by molar-refractivity contribution is 6.99. The molecular weight excluding hydrogens is 517 g/mol. The van der Waals surface area contributed by atoms with Crippen LogP contribution < -0.4 is 21.3 Å². The van der Waals surface area contributed by atoms with Gasteiger partial charge in [-0.05, 0) is 116 Å². The highest BCUT2D eigenvalue weighted by Crippen LogP contribution is 2.46. The Labute approximate surface area is 256 Å². The average Bonchev–Trinajstić information content (AvgIpc) is 2.96. The van der Waals surface area contributed by atoms with Crippen LogP contribution in [0.25, 0.3) is 11.1 Å². The third-order valence-electron chi connectivity index (χ3n) is 11.0. The maximum Gasteiger partial charge on any atom is 0.247 e. The fraction of sp³-hybridized carbons (Fsp3) is 0.268. The zero-order valence-electron chi connectivity index (χ0n) is 26.0. The molecule has 43 heavy (non-hydrogen) atoms. The van der Waals surface area contributed by atoms with Crippen LogP contribution in [0.3, 0.4) is 0 Å². The van der Waals surface area contributed by atoms with Gasteiger partial charge in [0.25, 0.3) is 0 Å². The largest absolute Gasteiger partial charge is 0.311 e. The molecule has 0 amide bonds. The molecule has 2 heteroatoms. The SMILES string of the molecule is CC(C)(C)c1ccc2c(c1)B1c3cc4c(cc3C(C)(C)c3cc(-c5ccccc5)cc(c31)N2c1ccc2c(c1)CC2)CC4. The van der Waals surface area contributed by atoms with Gasteiger partial charge in [0.1, 0.15) is 0 Å². The Kier molecular flexibility index (Phi) is 5.05. The van der Waals surface area contributed by atoms with Crippen molar-refractivity contribution in [1.29, 1.82) is 0 Å². The number of benzene rings is 5. The molecule has 0 N–H and O–H groups in total. The smallest absolute Gasteiger partial charge is 0.247 e. The van der Waals surface area contributed by atoms with Crippen LogP contribution in [-0.4, -0.2) is 6.71 Å². The van der Waals surface area contributed by atoms with E-state index in [0.29, 0.717) is 0 Å². The van der Waals surface area contributed by atoms with Crippen LogP contribution in [0.1, 0.15) is 73.6 Å². The maximum atomic E-state index is 2.60.